The van der Waals surface area contributed by atoms with Gasteiger partial charge in [0.2, 0.25) is 8.46 Å². The fourth-order valence-corrected chi connectivity index (χ4v) is 1.97. The summed E-state index contributed by atoms with van der Waals surface area (Å²) >= 11 is 5.51. The molecule has 7 heteroatoms. The van der Waals surface area contributed by atoms with E-state index in [4.69, 9.17) is 22.2 Å². The first-order chi connectivity index (χ1) is 8.21. The van der Waals surface area contributed by atoms with Crippen LogP contribution < -0.4 is 11.3 Å². The predicted octanol–water partition coefficient (Wildman–Crippen LogP) is 1.38. The number of hydrogen-bond donors (Lipinski definition) is 2. The molecule has 0 aliphatic carbocycles. The molecular weight excluding hydrogens is 263 g/mol. The Balaban J connectivity index is 3.16. The fraction of sp³-hybridized carbons (Fsp3) is 0.300. The summed E-state index contributed by atoms with van der Waals surface area (Å²) in [6.45, 7) is 0.0825. The van der Waals surface area contributed by atoms with Gasteiger partial charge >= 0.3 is 0 Å². The van der Waals surface area contributed by atoms with Crippen LogP contribution in [0.5, 0.6) is 0 Å². The Hall–Kier alpha value is -1.00. The van der Waals surface area contributed by atoms with E-state index in [2.05, 4.69) is 0 Å². The molecule has 17 heavy (non-hydrogen) atoms. The SMILES string of the molecule is NNC(=O)C(OCCCl)(P=O)c1ccccc1. The monoisotopic (exact) mass is 274 g/mol. The van der Waals surface area contributed by atoms with Crippen LogP contribution in [-0.2, 0) is 19.4 Å². The van der Waals surface area contributed by atoms with Gasteiger partial charge in [-0.25, -0.2) is 5.84 Å². The molecule has 0 radical (unpaired) electrons. The second kappa shape index (κ2) is 6.67. The zero-order valence-electron chi connectivity index (χ0n) is 8.93. The summed E-state index contributed by atoms with van der Waals surface area (Å²) in [6.07, 6.45) is 0. The maximum Gasteiger partial charge on any atom is 0.283 e. The van der Waals surface area contributed by atoms with Crippen molar-refractivity contribution in [2.24, 2.45) is 5.84 Å². The number of amides is 1. The third kappa shape index (κ3) is 3.01. The van der Waals surface area contributed by atoms with Crippen molar-refractivity contribution in [3.8, 4) is 0 Å². The molecule has 0 fully saturated rings. The summed E-state index contributed by atoms with van der Waals surface area (Å²) in [7, 11) is -0.505. The van der Waals surface area contributed by atoms with Gasteiger partial charge in [-0.05, 0) is 0 Å². The van der Waals surface area contributed by atoms with Crippen molar-refractivity contribution in [2.75, 3.05) is 12.5 Å². The van der Waals surface area contributed by atoms with Crippen molar-refractivity contribution in [1.82, 2.24) is 5.43 Å². The van der Waals surface area contributed by atoms with Crippen LogP contribution in [0.4, 0.5) is 0 Å². The Morgan fingerprint density at radius 2 is 2.12 bits per heavy atom. The number of benzene rings is 1. The van der Waals surface area contributed by atoms with Gasteiger partial charge in [0.25, 0.3) is 11.2 Å². The van der Waals surface area contributed by atoms with Gasteiger partial charge in [-0.15, -0.1) is 11.6 Å². The van der Waals surface area contributed by atoms with E-state index >= 15 is 0 Å². The quantitative estimate of drug-likeness (QED) is 0.270. The number of ether oxygens (including phenoxy) is 1. The van der Waals surface area contributed by atoms with Crippen molar-refractivity contribution in [2.45, 2.75) is 5.34 Å². The molecule has 0 saturated carbocycles. The highest BCUT2D eigenvalue weighted by Crippen LogP contribution is 2.36. The van der Waals surface area contributed by atoms with Gasteiger partial charge in [-0.1, -0.05) is 30.3 Å². The molecule has 0 saturated heterocycles. The lowest BCUT2D eigenvalue weighted by atomic mass is 10.1. The van der Waals surface area contributed by atoms with Crippen molar-refractivity contribution < 1.29 is 14.1 Å². The Bertz CT molecular complexity index is 390. The number of nitrogens with one attached hydrogen (secondary N) is 1. The maximum absolute atomic E-state index is 11.8. The van der Waals surface area contributed by atoms with Crippen LogP contribution in [0.15, 0.2) is 30.3 Å². The average molecular weight is 275 g/mol. The minimum Gasteiger partial charge on any atom is -0.349 e. The zero-order valence-corrected chi connectivity index (χ0v) is 10.6. The molecule has 0 spiro atoms. The topological polar surface area (TPSA) is 81.4 Å². The van der Waals surface area contributed by atoms with E-state index in [0.29, 0.717) is 5.56 Å². The fourth-order valence-electron chi connectivity index (χ4n) is 1.35. The van der Waals surface area contributed by atoms with E-state index < -0.39 is 19.7 Å². The van der Waals surface area contributed by atoms with Gasteiger partial charge < -0.3 is 4.74 Å². The Morgan fingerprint density at radius 3 is 2.59 bits per heavy atom. The molecule has 1 rings (SSSR count). The lowest BCUT2D eigenvalue weighted by Crippen LogP contribution is -2.46. The number of nitrogens with two attached hydrogens (primary N) is 1. The van der Waals surface area contributed by atoms with E-state index in [1.807, 2.05) is 5.43 Å². The van der Waals surface area contributed by atoms with Gasteiger partial charge in [0.05, 0.1) is 6.61 Å². The molecule has 1 unspecified atom stereocenters. The van der Waals surface area contributed by atoms with E-state index in [-0.39, 0.29) is 12.5 Å². The van der Waals surface area contributed by atoms with Gasteiger partial charge in [0, 0.05) is 11.4 Å². The minimum absolute atomic E-state index is 0.0825. The summed E-state index contributed by atoms with van der Waals surface area (Å²) < 4.78 is 16.7. The van der Waals surface area contributed by atoms with Gasteiger partial charge in [0.1, 0.15) is 0 Å². The van der Waals surface area contributed by atoms with Gasteiger partial charge in [-0.3, -0.25) is 14.8 Å². The molecule has 3 N–H and O–H groups in total. The molecule has 1 atom stereocenters. The van der Waals surface area contributed by atoms with Crippen LogP contribution in [0.2, 0.25) is 0 Å². The molecule has 0 aromatic heterocycles. The maximum atomic E-state index is 11.8. The Labute approximate surface area is 105 Å². The number of rotatable bonds is 6. The zero-order chi connectivity index (χ0) is 12.7. The minimum atomic E-state index is -1.65. The van der Waals surface area contributed by atoms with E-state index in [0.717, 1.165) is 0 Å². The predicted molar refractivity (Wildman–Crippen MR) is 64.7 cm³/mol. The summed E-state index contributed by atoms with van der Waals surface area (Å²) in [5.74, 6) is 4.58. The van der Waals surface area contributed by atoms with Gasteiger partial charge in [-0.2, -0.15) is 0 Å². The van der Waals surface area contributed by atoms with E-state index in [1.165, 1.54) is 0 Å². The van der Waals surface area contributed by atoms with Crippen molar-refractivity contribution in [3.05, 3.63) is 35.9 Å². The molecule has 0 heterocycles. The summed E-state index contributed by atoms with van der Waals surface area (Å²) in [4.78, 5) is 11.8. The first kappa shape index (κ1) is 14.1. The van der Waals surface area contributed by atoms with E-state index in [9.17, 15) is 9.36 Å². The van der Waals surface area contributed by atoms with Crippen LogP contribution in [0.1, 0.15) is 5.56 Å². The molecule has 5 nitrogen and oxygen atoms in total. The lowest BCUT2D eigenvalue weighted by molar-refractivity contribution is -0.137. The van der Waals surface area contributed by atoms with Crippen molar-refractivity contribution in [1.29, 1.82) is 0 Å². The van der Waals surface area contributed by atoms with Crippen LogP contribution in [0, 0.1) is 0 Å². The molecule has 1 amide bonds. The van der Waals surface area contributed by atoms with Gasteiger partial charge in [0.15, 0.2) is 0 Å². The average Bonchev–Trinajstić information content (AvgIpc) is 2.41. The molecule has 0 aliphatic rings. The largest absolute Gasteiger partial charge is 0.349 e. The molecule has 0 aliphatic heterocycles. The number of halogens is 1. The van der Waals surface area contributed by atoms with Crippen LogP contribution >= 0.6 is 20.1 Å². The third-order valence-corrected chi connectivity index (χ3v) is 3.12. The number of hydrogen-bond acceptors (Lipinski definition) is 4. The van der Waals surface area contributed by atoms with E-state index in [1.54, 1.807) is 30.3 Å². The van der Waals surface area contributed by atoms with Crippen LogP contribution in [0.3, 0.4) is 0 Å². The summed E-state index contributed by atoms with van der Waals surface area (Å²) in [6, 6.07) is 8.47. The Morgan fingerprint density at radius 1 is 1.47 bits per heavy atom. The third-order valence-electron chi connectivity index (χ3n) is 2.12. The number of carbonyl (C=O) groups excluding carboxylic acids is 1. The van der Waals surface area contributed by atoms with Crippen LogP contribution in [-0.4, -0.2) is 18.4 Å². The molecule has 1 aromatic rings. The summed E-state index contributed by atoms with van der Waals surface area (Å²) in [5, 5.41) is -1.65. The lowest BCUT2D eigenvalue weighted by Gasteiger charge is -2.25. The molecule has 1 aromatic carbocycles. The highest BCUT2D eigenvalue weighted by atomic mass is 35.5. The second-order valence-corrected chi connectivity index (χ2v) is 4.30. The molecule has 0 bridgehead atoms. The standard InChI is InChI=1S/C10H12ClN2O3P/c11-6-7-16-10(17-15,9(14)13-12)8-4-2-1-3-5-8/h1-5H,6-7,12H2,(H,13,14). The first-order valence-electron chi connectivity index (χ1n) is 4.82. The molecular formula is C10H12ClN2O3P. The number of carbonyl (C=O) groups is 1. The summed E-state index contributed by atoms with van der Waals surface area (Å²) in [5.41, 5.74) is 2.40. The normalized spacial score (nSPS) is 14.2. The van der Waals surface area contributed by atoms with Crippen molar-refractivity contribution >= 4 is 26.0 Å². The molecule has 92 valence electrons. The second-order valence-electron chi connectivity index (χ2n) is 3.11. The smallest absolute Gasteiger partial charge is 0.283 e. The highest BCUT2D eigenvalue weighted by Gasteiger charge is 2.42. The highest BCUT2D eigenvalue weighted by molar-refractivity contribution is 7.27. The Kier molecular flexibility index (Phi) is 5.51. The van der Waals surface area contributed by atoms with Crippen molar-refractivity contribution in [3.63, 3.8) is 0 Å². The first-order valence-corrected chi connectivity index (χ1v) is 6.17. The number of hydrazine groups is 1. The van der Waals surface area contributed by atoms with Crippen LogP contribution in [0.25, 0.3) is 0 Å². The number of alkyl halides is 1.